The molecule has 0 heterocycles. The molecule has 0 bridgehead atoms. The molecule has 0 aromatic heterocycles. The number of hydrogen-bond acceptors (Lipinski definition) is 3. The minimum absolute atomic E-state index is 0.0582. The number of hydrogen-bond donors (Lipinski definition) is 3. The van der Waals surface area contributed by atoms with Gasteiger partial charge in [-0.25, -0.2) is 4.79 Å². The number of carboxylic acids is 1. The molecule has 7 heteroatoms. The third-order valence-electron chi connectivity index (χ3n) is 2.45. The van der Waals surface area contributed by atoms with Gasteiger partial charge in [-0.3, -0.25) is 4.79 Å². The molecule has 1 rings (SSSR count). The second kappa shape index (κ2) is 7.33. The second-order valence-corrected chi connectivity index (χ2v) is 4.66. The molecule has 5 nitrogen and oxygen atoms in total. The van der Waals surface area contributed by atoms with Gasteiger partial charge in [0.15, 0.2) is 0 Å². The van der Waals surface area contributed by atoms with Crippen molar-refractivity contribution >= 4 is 35.1 Å². The molecular formula is C12H13Cl2NO4. The number of aliphatic hydroxyl groups excluding tert-OH is 1. The van der Waals surface area contributed by atoms with Gasteiger partial charge in [0.1, 0.15) is 6.04 Å². The summed E-state index contributed by atoms with van der Waals surface area (Å²) in [5, 5.41) is 20.6. The van der Waals surface area contributed by atoms with E-state index in [0.29, 0.717) is 15.6 Å². The molecular weight excluding hydrogens is 293 g/mol. The number of carboxylic acid groups (broad SMARTS) is 1. The van der Waals surface area contributed by atoms with Crippen molar-refractivity contribution in [1.29, 1.82) is 0 Å². The lowest BCUT2D eigenvalue weighted by atomic mass is 10.1. The van der Waals surface area contributed by atoms with Crippen molar-refractivity contribution in [2.75, 3.05) is 6.61 Å². The monoisotopic (exact) mass is 305 g/mol. The highest BCUT2D eigenvalue weighted by molar-refractivity contribution is 6.36. The Morgan fingerprint density at radius 2 is 1.84 bits per heavy atom. The average Bonchev–Trinajstić information content (AvgIpc) is 2.33. The highest BCUT2D eigenvalue weighted by Crippen LogP contribution is 2.24. The molecule has 1 aromatic carbocycles. The molecule has 0 aliphatic heterocycles. The Labute approximate surface area is 120 Å². The van der Waals surface area contributed by atoms with Gasteiger partial charge >= 0.3 is 5.97 Å². The minimum atomic E-state index is -1.20. The maximum absolute atomic E-state index is 11.7. The number of carbonyl (C=O) groups excluding carboxylic acids is 1. The van der Waals surface area contributed by atoms with Crippen LogP contribution in [-0.4, -0.2) is 34.7 Å². The maximum Gasteiger partial charge on any atom is 0.326 e. The van der Waals surface area contributed by atoms with Crippen LogP contribution in [0.4, 0.5) is 0 Å². The van der Waals surface area contributed by atoms with E-state index in [1.54, 1.807) is 18.2 Å². The molecule has 1 aromatic rings. The van der Waals surface area contributed by atoms with E-state index in [-0.39, 0.29) is 19.4 Å². The largest absolute Gasteiger partial charge is 0.480 e. The second-order valence-electron chi connectivity index (χ2n) is 3.85. The first-order valence-corrected chi connectivity index (χ1v) is 6.27. The average molecular weight is 306 g/mol. The summed E-state index contributed by atoms with van der Waals surface area (Å²) in [5.74, 6) is -1.72. The van der Waals surface area contributed by atoms with Crippen molar-refractivity contribution in [3.63, 3.8) is 0 Å². The lowest BCUT2D eigenvalue weighted by molar-refractivity contribution is -0.142. The third kappa shape index (κ3) is 4.70. The summed E-state index contributed by atoms with van der Waals surface area (Å²) < 4.78 is 0. The Morgan fingerprint density at radius 1 is 1.26 bits per heavy atom. The van der Waals surface area contributed by atoms with Crippen molar-refractivity contribution in [3.05, 3.63) is 33.8 Å². The number of nitrogens with one attached hydrogen (secondary N) is 1. The Hall–Kier alpha value is -1.30. The summed E-state index contributed by atoms with van der Waals surface area (Å²) in [7, 11) is 0. The van der Waals surface area contributed by atoms with Crippen LogP contribution in [0.15, 0.2) is 18.2 Å². The molecule has 0 aliphatic carbocycles. The van der Waals surface area contributed by atoms with E-state index in [9.17, 15) is 9.59 Å². The van der Waals surface area contributed by atoms with Gasteiger partial charge in [0.2, 0.25) is 5.91 Å². The molecule has 1 amide bonds. The highest BCUT2D eigenvalue weighted by Gasteiger charge is 2.20. The fourth-order valence-corrected chi connectivity index (χ4v) is 2.02. The number of benzene rings is 1. The minimum Gasteiger partial charge on any atom is -0.480 e. The SMILES string of the molecule is O=C(Cc1c(Cl)cccc1Cl)NC(CCO)C(=O)O. The van der Waals surface area contributed by atoms with E-state index < -0.39 is 17.9 Å². The van der Waals surface area contributed by atoms with E-state index >= 15 is 0 Å². The van der Waals surface area contributed by atoms with Crippen molar-refractivity contribution < 1.29 is 19.8 Å². The van der Waals surface area contributed by atoms with E-state index in [4.69, 9.17) is 33.4 Å². The molecule has 0 radical (unpaired) electrons. The first kappa shape index (κ1) is 15.8. The van der Waals surface area contributed by atoms with Gasteiger partial charge < -0.3 is 15.5 Å². The van der Waals surface area contributed by atoms with Gasteiger partial charge in [0.05, 0.1) is 6.42 Å². The van der Waals surface area contributed by atoms with Crippen LogP contribution in [0, 0.1) is 0 Å². The summed E-state index contributed by atoms with van der Waals surface area (Å²) in [4.78, 5) is 22.6. The van der Waals surface area contributed by atoms with Crippen LogP contribution in [0.5, 0.6) is 0 Å². The Bertz CT molecular complexity index is 459. The maximum atomic E-state index is 11.7. The fraction of sp³-hybridized carbons (Fsp3) is 0.333. The molecule has 0 saturated carbocycles. The van der Waals surface area contributed by atoms with Gasteiger partial charge in [0, 0.05) is 23.1 Å². The number of carbonyl (C=O) groups is 2. The number of aliphatic carboxylic acids is 1. The standard InChI is InChI=1S/C12H13Cl2NO4/c13-8-2-1-3-9(14)7(8)6-11(17)15-10(4-5-16)12(18)19/h1-3,10,16H,4-6H2,(H,15,17)(H,18,19). The predicted molar refractivity (Wildman–Crippen MR) is 71.4 cm³/mol. The number of halogens is 2. The van der Waals surface area contributed by atoms with Gasteiger partial charge in [-0.1, -0.05) is 29.3 Å². The lowest BCUT2D eigenvalue weighted by Gasteiger charge is -2.14. The van der Waals surface area contributed by atoms with Crippen LogP contribution in [0.25, 0.3) is 0 Å². The smallest absolute Gasteiger partial charge is 0.326 e. The first-order valence-electron chi connectivity index (χ1n) is 5.51. The van der Waals surface area contributed by atoms with Crippen molar-refractivity contribution in [1.82, 2.24) is 5.32 Å². The molecule has 1 atom stereocenters. The third-order valence-corrected chi connectivity index (χ3v) is 3.16. The Morgan fingerprint density at radius 3 is 2.32 bits per heavy atom. The lowest BCUT2D eigenvalue weighted by Crippen LogP contribution is -2.42. The first-order chi connectivity index (χ1) is 8.95. The topological polar surface area (TPSA) is 86.6 Å². The van der Waals surface area contributed by atoms with Crippen LogP contribution in [0.2, 0.25) is 10.0 Å². The van der Waals surface area contributed by atoms with Crippen molar-refractivity contribution in [2.24, 2.45) is 0 Å². The Kier molecular flexibility index (Phi) is 6.08. The van der Waals surface area contributed by atoms with Crippen molar-refractivity contribution in [3.8, 4) is 0 Å². The van der Waals surface area contributed by atoms with E-state index in [1.807, 2.05) is 0 Å². The van der Waals surface area contributed by atoms with E-state index in [1.165, 1.54) is 0 Å². The quantitative estimate of drug-likeness (QED) is 0.743. The molecule has 19 heavy (non-hydrogen) atoms. The number of rotatable bonds is 6. The summed E-state index contributed by atoms with van der Waals surface area (Å²) >= 11 is 11.8. The highest BCUT2D eigenvalue weighted by atomic mass is 35.5. The molecule has 104 valence electrons. The summed E-state index contributed by atoms with van der Waals surface area (Å²) in [6.07, 6.45) is -0.176. The fourth-order valence-electron chi connectivity index (χ4n) is 1.49. The summed E-state index contributed by atoms with van der Waals surface area (Å²) in [5.41, 5.74) is 0.441. The molecule has 1 unspecified atom stereocenters. The molecule has 0 saturated heterocycles. The zero-order chi connectivity index (χ0) is 14.4. The molecule has 3 N–H and O–H groups in total. The van der Waals surface area contributed by atoms with E-state index in [0.717, 1.165) is 0 Å². The number of aliphatic hydroxyl groups is 1. The molecule has 0 spiro atoms. The van der Waals surface area contributed by atoms with Gasteiger partial charge in [-0.15, -0.1) is 0 Å². The van der Waals surface area contributed by atoms with Crippen LogP contribution in [0.3, 0.4) is 0 Å². The predicted octanol–water partition coefficient (Wildman–Crippen LogP) is 1.49. The zero-order valence-corrected chi connectivity index (χ0v) is 11.4. The van der Waals surface area contributed by atoms with E-state index in [2.05, 4.69) is 5.32 Å². The van der Waals surface area contributed by atoms with Crippen LogP contribution in [0.1, 0.15) is 12.0 Å². The van der Waals surface area contributed by atoms with Gasteiger partial charge in [0.25, 0.3) is 0 Å². The van der Waals surface area contributed by atoms with Crippen LogP contribution >= 0.6 is 23.2 Å². The normalized spacial score (nSPS) is 11.9. The van der Waals surface area contributed by atoms with Gasteiger partial charge in [-0.2, -0.15) is 0 Å². The summed E-state index contributed by atoms with van der Waals surface area (Å²) in [6, 6.07) is 3.72. The van der Waals surface area contributed by atoms with Crippen LogP contribution < -0.4 is 5.32 Å². The summed E-state index contributed by atoms with van der Waals surface area (Å²) in [6.45, 7) is -0.329. The zero-order valence-electron chi connectivity index (χ0n) is 9.90. The Balaban J connectivity index is 2.72. The molecule has 0 fully saturated rings. The number of amides is 1. The van der Waals surface area contributed by atoms with Gasteiger partial charge in [-0.05, 0) is 17.7 Å². The van der Waals surface area contributed by atoms with Crippen LogP contribution in [-0.2, 0) is 16.0 Å². The molecule has 0 aliphatic rings. The van der Waals surface area contributed by atoms with Crippen molar-refractivity contribution in [2.45, 2.75) is 18.9 Å².